The van der Waals surface area contributed by atoms with E-state index >= 15 is 0 Å². The lowest BCUT2D eigenvalue weighted by Crippen LogP contribution is -2.38. The van der Waals surface area contributed by atoms with Gasteiger partial charge in [0.2, 0.25) is 17.8 Å². The summed E-state index contributed by atoms with van der Waals surface area (Å²) in [7, 11) is -3.01. The van der Waals surface area contributed by atoms with Crippen LogP contribution in [0, 0.1) is 5.92 Å². The third kappa shape index (κ3) is 7.03. The van der Waals surface area contributed by atoms with Crippen LogP contribution in [-0.4, -0.2) is 75.6 Å². The van der Waals surface area contributed by atoms with Gasteiger partial charge >= 0.3 is 5.69 Å². The van der Waals surface area contributed by atoms with Crippen LogP contribution >= 0.6 is 0 Å². The van der Waals surface area contributed by atoms with Crippen LogP contribution in [0.4, 0.5) is 23.3 Å². The quantitative estimate of drug-likeness (QED) is 0.151. The van der Waals surface area contributed by atoms with Gasteiger partial charge in [-0.2, -0.15) is 18.4 Å². The number of aromatic nitrogens is 3. The van der Waals surface area contributed by atoms with Crippen LogP contribution in [0.2, 0.25) is 0 Å². The van der Waals surface area contributed by atoms with E-state index in [0.717, 1.165) is 11.1 Å². The highest BCUT2D eigenvalue weighted by molar-refractivity contribution is 7.86. The van der Waals surface area contributed by atoms with E-state index < -0.39 is 26.6 Å². The molecule has 270 valence electrons. The second kappa shape index (κ2) is 14.1. The lowest BCUT2D eigenvalue weighted by molar-refractivity contribution is -0.121. The Bertz CT molecular complexity index is 2610. The molecule has 3 aliphatic rings. The van der Waals surface area contributed by atoms with Crippen molar-refractivity contribution < 1.29 is 32.1 Å². The van der Waals surface area contributed by atoms with Crippen molar-refractivity contribution in [2.45, 2.75) is 4.90 Å². The molecule has 0 aliphatic carbocycles. The van der Waals surface area contributed by atoms with Crippen molar-refractivity contribution in [3.8, 4) is 0 Å². The SMILES string of the molecule is CN1CC(=O)c2ccc(Nc3nc(Nc4ccccc4S(=O)(=O)O)nc(=O)[nH]3)cc2C1=O.O=C1N=C(c2ccccc2)C2C(=O)NC(c3ccccc3)=C12. The summed E-state index contributed by atoms with van der Waals surface area (Å²) in [5.74, 6) is -1.93. The van der Waals surface area contributed by atoms with Crippen molar-refractivity contribution in [2.24, 2.45) is 10.9 Å². The molecule has 54 heavy (non-hydrogen) atoms. The van der Waals surface area contributed by atoms with Gasteiger partial charge in [-0.3, -0.25) is 28.7 Å². The van der Waals surface area contributed by atoms with Crippen molar-refractivity contribution in [3.63, 3.8) is 0 Å². The molecule has 8 rings (SSSR count). The number of aliphatic imine (C=N–C) groups is 1. The first kappa shape index (κ1) is 35.3. The molecule has 0 bridgehead atoms. The maximum atomic E-state index is 12.4. The number of H-pyrrole nitrogens is 1. The van der Waals surface area contributed by atoms with Gasteiger partial charge in [0.1, 0.15) is 10.8 Å². The second-order valence-electron chi connectivity index (χ2n) is 12.1. The zero-order valence-electron chi connectivity index (χ0n) is 28.1. The molecule has 4 heterocycles. The van der Waals surface area contributed by atoms with Gasteiger partial charge < -0.3 is 20.9 Å². The van der Waals surface area contributed by atoms with Gasteiger partial charge in [0.05, 0.1) is 34.8 Å². The summed E-state index contributed by atoms with van der Waals surface area (Å²) in [6.45, 7) is -0.00208. The number of carbonyl (C=O) groups is 4. The third-order valence-corrected chi connectivity index (χ3v) is 9.44. The molecule has 3 aliphatic heterocycles. The number of rotatable bonds is 7. The van der Waals surface area contributed by atoms with Crippen molar-refractivity contribution in [2.75, 3.05) is 24.2 Å². The summed E-state index contributed by atoms with van der Waals surface area (Å²) < 4.78 is 32.5. The summed E-state index contributed by atoms with van der Waals surface area (Å²) >= 11 is 0. The molecule has 1 aromatic heterocycles. The molecular weight excluding hydrogens is 717 g/mol. The maximum absolute atomic E-state index is 12.4. The minimum absolute atomic E-state index is 0.00208. The molecule has 0 spiro atoms. The highest BCUT2D eigenvalue weighted by Crippen LogP contribution is 2.36. The van der Waals surface area contributed by atoms with Crippen LogP contribution in [0.5, 0.6) is 0 Å². The molecular formula is C37H28N8O8S. The molecule has 5 N–H and O–H groups in total. The Kier molecular flexibility index (Phi) is 9.24. The molecule has 0 radical (unpaired) electrons. The minimum Gasteiger partial charge on any atom is -0.334 e. The maximum Gasteiger partial charge on any atom is 0.351 e. The zero-order valence-corrected chi connectivity index (χ0v) is 28.9. The zero-order chi connectivity index (χ0) is 38.1. The number of nitrogens with one attached hydrogen (secondary N) is 4. The molecule has 5 aromatic rings. The standard InChI is InChI=1S/C19H16N6O6S.C18H12N2O2/c1-25-9-14(26)11-7-6-10(8-12(11)16(25)27)20-17-22-18(24-19(28)23-17)21-13-4-2-3-5-15(13)32(29,30)31;21-17-13-14(16(20-17)12-9-5-2-6-10-12)18(22)19-15(13)11-7-3-1-4-8-11/h2-8H,9H2,1H3,(H,29,30,31)(H3,20,21,22,23,24,28);1-10,13H,(H,20,21). The topological polar surface area (TPSA) is 233 Å². The fourth-order valence-electron chi connectivity index (χ4n) is 6.11. The van der Waals surface area contributed by atoms with Crippen LogP contribution in [0.3, 0.4) is 0 Å². The van der Waals surface area contributed by atoms with E-state index in [1.807, 2.05) is 60.7 Å². The predicted octanol–water partition coefficient (Wildman–Crippen LogP) is 3.34. The first-order valence-electron chi connectivity index (χ1n) is 16.2. The van der Waals surface area contributed by atoms with E-state index in [1.54, 1.807) is 6.07 Å². The number of Topliss-reactive ketones (excluding diaryl/α,β-unsaturated/α-hetero) is 1. The highest BCUT2D eigenvalue weighted by Gasteiger charge is 2.45. The first-order valence-corrected chi connectivity index (χ1v) is 17.6. The number of ketones is 1. The fourth-order valence-corrected chi connectivity index (χ4v) is 6.76. The fraction of sp³-hybridized carbons (Fsp3) is 0.0811. The van der Waals surface area contributed by atoms with Gasteiger partial charge in [0, 0.05) is 18.3 Å². The van der Waals surface area contributed by atoms with Crippen molar-refractivity contribution in [3.05, 3.63) is 141 Å². The Hall–Kier alpha value is -7.11. The summed E-state index contributed by atoms with van der Waals surface area (Å²) in [5, 5.41) is 8.25. The van der Waals surface area contributed by atoms with E-state index in [1.165, 1.54) is 48.3 Å². The molecule has 16 nitrogen and oxygen atoms in total. The Morgan fingerprint density at radius 2 is 1.46 bits per heavy atom. The van der Waals surface area contributed by atoms with E-state index in [9.17, 15) is 36.9 Å². The first-order chi connectivity index (χ1) is 25.9. The molecule has 17 heteroatoms. The Balaban J connectivity index is 0.000000178. The van der Waals surface area contributed by atoms with E-state index in [4.69, 9.17) is 0 Å². The van der Waals surface area contributed by atoms with Crippen LogP contribution < -0.4 is 21.6 Å². The average Bonchev–Trinajstić information content (AvgIpc) is 3.68. The van der Waals surface area contributed by atoms with E-state index in [-0.39, 0.29) is 53.2 Å². The number of fused-ring (bicyclic) bond motifs is 2. The van der Waals surface area contributed by atoms with Crippen LogP contribution in [0.1, 0.15) is 31.8 Å². The lowest BCUT2D eigenvalue weighted by atomic mass is 9.92. The van der Waals surface area contributed by atoms with Gasteiger partial charge in [-0.15, -0.1) is 0 Å². The summed E-state index contributed by atoms with van der Waals surface area (Å²) in [4.78, 5) is 76.3. The van der Waals surface area contributed by atoms with Gasteiger partial charge in [0.15, 0.2) is 5.78 Å². The Morgan fingerprint density at radius 3 is 2.17 bits per heavy atom. The van der Waals surface area contributed by atoms with E-state index in [0.29, 0.717) is 28.2 Å². The number of aromatic amines is 1. The molecule has 0 saturated heterocycles. The van der Waals surface area contributed by atoms with Crippen molar-refractivity contribution in [1.82, 2.24) is 25.2 Å². The summed E-state index contributed by atoms with van der Waals surface area (Å²) in [6.07, 6.45) is 0. The summed E-state index contributed by atoms with van der Waals surface area (Å²) in [6, 6.07) is 28.7. The number of benzene rings is 4. The van der Waals surface area contributed by atoms with Crippen LogP contribution in [-0.2, 0) is 19.7 Å². The molecule has 1 unspecified atom stereocenters. The normalized spacial score (nSPS) is 16.2. The third-order valence-electron chi connectivity index (χ3n) is 8.53. The molecule has 0 fully saturated rings. The number of hydrogen-bond acceptors (Lipinski definition) is 11. The van der Waals surface area contributed by atoms with Crippen molar-refractivity contribution >= 4 is 68.3 Å². The average molecular weight is 745 g/mol. The van der Waals surface area contributed by atoms with Gasteiger partial charge in [0.25, 0.3) is 21.9 Å². The number of hydrogen-bond donors (Lipinski definition) is 5. The number of likely N-dealkylation sites (N-methyl/N-ethyl adjacent to an activating group) is 1. The number of carbonyl (C=O) groups excluding carboxylic acids is 4. The monoisotopic (exact) mass is 744 g/mol. The van der Waals surface area contributed by atoms with Crippen LogP contribution in [0.25, 0.3) is 5.70 Å². The largest absolute Gasteiger partial charge is 0.351 e. The number of anilines is 4. The minimum atomic E-state index is -4.53. The van der Waals surface area contributed by atoms with Crippen molar-refractivity contribution in [1.29, 1.82) is 0 Å². The lowest BCUT2D eigenvalue weighted by Gasteiger charge is -2.24. The van der Waals surface area contributed by atoms with E-state index in [2.05, 4.69) is 35.9 Å². The van der Waals surface area contributed by atoms with Gasteiger partial charge in [-0.1, -0.05) is 72.8 Å². The molecule has 4 aromatic carbocycles. The molecule has 0 saturated carbocycles. The Labute approximate surface area is 306 Å². The molecule has 3 amide bonds. The number of para-hydroxylation sites is 1. The smallest absolute Gasteiger partial charge is 0.334 e. The number of nitrogens with zero attached hydrogens (tertiary/aromatic N) is 4. The second-order valence-corrected chi connectivity index (χ2v) is 13.5. The number of amides is 3. The van der Waals surface area contributed by atoms with Gasteiger partial charge in [-0.25, -0.2) is 9.79 Å². The Morgan fingerprint density at radius 1 is 0.796 bits per heavy atom. The van der Waals surface area contributed by atoms with Crippen LogP contribution in [0.15, 0.2) is 123 Å². The molecule has 1 atom stereocenters. The highest BCUT2D eigenvalue weighted by atomic mass is 32.2. The van der Waals surface area contributed by atoms with Gasteiger partial charge in [-0.05, 0) is 41.5 Å². The predicted molar refractivity (Wildman–Crippen MR) is 196 cm³/mol. The summed E-state index contributed by atoms with van der Waals surface area (Å²) in [5.41, 5.74) is 3.26.